The summed E-state index contributed by atoms with van der Waals surface area (Å²) in [5, 5.41) is 9.31. The molecule has 0 spiro atoms. The monoisotopic (exact) mass is 238 g/mol. The summed E-state index contributed by atoms with van der Waals surface area (Å²) in [6.45, 7) is 1.84. The zero-order valence-corrected chi connectivity index (χ0v) is 9.45. The van der Waals surface area contributed by atoms with Crippen LogP contribution in [0, 0.1) is 0 Å². The summed E-state index contributed by atoms with van der Waals surface area (Å²) < 4.78 is 0. The van der Waals surface area contributed by atoms with Gasteiger partial charge < -0.3 is 10.1 Å². The van der Waals surface area contributed by atoms with E-state index >= 15 is 0 Å². The number of fused-ring (bicyclic) bond motifs is 1. The van der Waals surface area contributed by atoms with Gasteiger partial charge in [0.1, 0.15) is 0 Å². The maximum absolute atomic E-state index is 10.6. The van der Waals surface area contributed by atoms with Gasteiger partial charge in [-0.25, -0.2) is 4.98 Å². The van der Waals surface area contributed by atoms with Gasteiger partial charge in [0.25, 0.3) is 0 Å². The van der Waals surface area contributed by atoms with E-state index in [1.54, 1.807) is 12.4 Å². The van der Waals surface area contributed by atoms with Crippen molar-refractivity contribution in [3.05, 3.63) is 29.0 Å². The topological polar surface area (TPSA) is 66.0 Å². The molecule has 0 amide bonds. The van der Waals surface area contributed by atoms with Gasteiger partial charge in [-0.15, -0.1) is 0 Å². The number of carboxylic acids is 1. The molecule has 1 aromatic carbocycles. The van der Waals surface area contributed by atoms with Gasteiger partial charge in [0.05, 0.1) is 23.8 Å². The molecular weight excluding hydrogens is 228 g/mol. The van der Waals surface area contributed by atoms with Gasteiger partial charge in [0.2, 0.25) is 0 Å². The maximum atomic E-state index is 10.6. The third kappa shape index (κ3) is 2.02. The van der Waals surface area contributed by atoms with Crippen LogP contribution in [0.5, 0.6) is 0 Å². The van der Waals surface area contributed by atoms with Crippen molar-refractivity contribution in [2.24, 2.45) is 0 Å². The highest BCUT2D eigenvalue weighted by atomic mass is 35.5. The SMILES string of the molecule is CC(CC(=O)O)c1cc2[nH]cnc2cc1Cl. The fourth-order valence-electron chi connectivity index (χ4n) is 1.72. The highest BCUT2D eigenvalue weighted by Gasteiger charge is 2.14. The van der Waals surface area contributed by atoms with Crippen LogP contribution in [0.15, 0.2) is 18.5 Å². The predicted octanol–water partition coefficient (Wildman–Crippen LogP) is 2.79. The van der Waals surface area contributed by atoms with E-state index in [1.807, 2.05) is 13.0 Å². The average molecular weight is 239 g/mol. The first-order valence-corrected chi connectivity index (χ1v) is 5.30. The number of nitrogens with one attached hydrogen (secondary N) is 1. The molecular formula is C11H11ClN2O2. The Labute approximate surface area is 97.3 Å². The summed E-state index contributed by atoms with van der Waals surface area (Å²) in [6, 6.07) is 3.61. The summed E-state index contributed by atoms with van der Waals surface area (Å²) in [6.07, 6.45) is 1.66. The van der Waals surface area contributed by atoms with Crippen LogP contribution < -0.4 is 0 Å². The molecule has 16 heavy (non-hydrogen) atoms. The van der Waals surface area contributed by atoms with Gasteiger partial charge in [0, 0.05) is 5.02 Å². The largest absolute Gasteiger partial charge is 0.481 e. The Kier molecular flexibility index (Phi) is 2.83. The van der Waals surface area contributed by atoms with Crippen molar-refractivity contribution in [1.29, 1.82) is 0 Å². The molecule has 84 valence electrons. The number of H-pyrrole nitrogens is 1. The number of imidazole rings is 1. The predicted molar refractivity (Wildman–Crippen MR) is 61.8 cm³/mol. The first kappa shape index (κ1) is 11.0. The fraction of sp³-hybridized carbons (Fsp3) is 0.273. The van der Waals surface area contributed by atoms with Crippen molar-refractivity contribution in [3.63, 3.8) is 0 Å². The number of carbonyl (C=O) groups is 1. The lowest BCUT2D eigenvalue weighted by Crippen LogP contribution is -2.03. The van der Waals surface area contributed by atoms with Crippen LogP contribution >= 0.6 is 11.6 Å². The first-order chi connectivity index (χ1) is 7.58. The van der Waals surface area contributed by atoms with Crippen LogP contribution in [0.2, 0.25) is 5.02 Å². The van der Waals surface area contributed by atoms with Crippen LogP contribution in [0.1, 0.15) is 24.8 Å². The summed E-state index contributed by atoms with van der Waals surface area (Å²) in [5.74, 6) is -0.939. The number of rotatable bonds is 3. The molecule has 2 N–H and O–H groups in total. The lowest BCUT2D eigenvalue weighted by Gasteiger charge is -2.11. The van der Waals surface area contributed by atoms with E-state index in [0.29, 0.717) is 5.02 Å². The van der Waals surface area contributed by atoms with Gasteiger partial charge >= 0.3 is 5.97 Å². The molecule has 0 aliphatic heterocycles. The van der Waals surface area contributed by atoms with Crippen molar-refractivity contribution in [3.8, 4) is 0 Å². The molecule has 1 atom stereocenters. The van der Waals surface area contributed by atoms with Crippen molar-refractivity contribution in [1.82, 2.24) is 9.97 Å². The van der Waals surface area contributed by atoms with E-state index in [4.69, 9.17) is 16.7 Å². The van der Waals surface area contributed by atoms with Gasteiger partial charge in [0.15, 0.2) is 0 Å². The molecule has 0 aliphatic carbocycles. The molecule has 5 heteroatoms. The molecule has 0 aliphatic rings. The quantitative estimate of drug-likeness (QED) is 0.864. The second kappa shape index (κ2) is 4.14. The lowest BCUT2D eigenvalue weighted by atomic mass is 9.97. The molecule has 0 radical (unpaired) electrons. The normalized spacial score (nSPS) is 12.9. The van der Waals surface area contributed by atoms with Crippen molar-refractivity contribution in [2.75, 3.05) is 0 Å². The molecule has 0 saturated carbocycles. The molecule has 1 unspecified atom stereocenters. The number of halogens is 1. The third-order valence-corrected chi connectivity index (χ3v) is 2.88. The molecule has 1 aromatic heterocycles. The van der Waals surface area contributed by atoms with Gasteiger partial charge in [-0.05, 0) is 23.6 Å². The lowest BCUT2D eigenvalue weighted by molar-refractivity contribution is -0.137. The second-order valence-corrected chi connectivity index (χ2v) is 4.20. The minimum Gasteiger partial charge on any atom is -0.481 e. The van der Waals surface area contributed by atoms with E-state index in [9.17, 15) is 4.79 Å². The second-order valence-electron chi connectivity index (χ2n) is 3.79. The zero-order chi connectivity index (χ0) is 11.7. The van der Waals surface area contributed by atoms with Crippen LogP contribution in [0.4, 0.5) is 0 Å². The van der Waals surface area contributed by atoms with E-state index < -0.39 is 5.97 Å². The van der Waals surface area contributed by atoms with Crippen LogP contribution in [0.3, 0.4) is 0 Å². The van der Waals surface area contributed by atoms with E-state index in [-0.39, 0.29) is 12.3 Å². The number of hydrogen-bond acceptors (Lipinski definition) is 2. The molecule has 2 aromatic rings. The first-order valence-electron chi connectivity index (χ1n) is 4.92. The Morgan fingerprint density at radius 2 is 2.38 bits per heavy atom. The Morgan fingerprint density at radius 3 is 3.06 bits per heavy atom. The number of hydrogen-bond donors (Lipinski definition) is 2. The zero-order valence-electron chi connectivity index (χ0n) is 8.70. The molecule has 4 nitrogen and oxygen atoms in total. The fourth-order valence-corrected chi connectivity index (χ4v) is 2.07. The number of aromatic nitrogens is 2. The standard InChI is InChI=1S/C11H11ClN2O2/c1-6(2-11(15)16)7-3-9-10(4-8(7)12)14-5-13-9/h3-6H,2H2,1H3,(H,13,14)(H,15,16). The maximum Gasteiger partial charge on any atom is 0.303 e. The van der Waals surface area contributed by atoms with E-state index in [1.165, 1.54) is 0 Å². The Balaban J connectivity index is 2.42. The third-order valence-electron chi connectivity index (χ3n) is 2.55. The molecule has 1 heterocycles. The molecule has 2 rings (SSSR count). The number of carboxylic acid groups (broad SMARTS) is 1. The number of aromatic amines is 1. The number of benzene rings is 1. The highest BCUT2D eigenvalue weighted by molar-refractivity contribution is 6.32. The van der Waals surface area contributed by atoms with E-state index in [0.717, 1.165) is 16.6 Å². The average Bonchev–Trinajstić information content (AvgIpc) is 2.61. The summed E-state index contributed by atoms with van der Waals surface area (Å²) >= 11 is 6.09. The Bertz CT molecular complexity index is 536. The van der Waals surface area contributed by atoms with Gasteiger partial charge in [-0.3, -0.25) is 4.79 Å². The summed E-state index contributed by atoms with van der Waals surface area (Å²) in [7, 11) is 0. The summed E-state index contributed by atoms with van der Waals surface area (Å²) in [5.41, 5.74) is 2.49. The van der Waals surface area contributed by atoms with Crippen molar-refractivity contribution in [2.45, 2.75) is 19.3 Å². The Morgan fingerprint density at radius 1 is 1.62 bits per heavy atom. The summed E-state index contributed by atoms with van der Waals surface area (Å²) in [4.78, 5) is 17.7. The molecule has 0 saturated heterocycles. The van der Waals surface area contributed by atoms with Gasteiger partial charge in [-0.2, -0.15) is 0 Å². The van der Waals surface area contributed by atoms with Crippen LogP contribution in [-0.2, 0) is 4.79 Å². The molecule has 0 fully saturated rings. The van der Waals surface area contributed by atoms with E-state index in [2.05, 4.69) is 9.97 Å². The Hall–Kier alpha value is -1.55. The van der Waals surface area contributed by atoms with Crippen molar-refractivity contribution >= 4 is 28.6 Å². The highest BCUT2D eigenvalue weighted by Crippen LogP contribution is 2.29. The van der Waals surface area contributed by atoms with Gasteiger partial charge in [-0.1, -0.05) is 18.5 Å². The minimum atomic E-state index is -0.826. The minimum absolute atomic E-state index is 0.0688. The van der Waals surface area contributed by atoms with Crippen molar-refractivity contribution < 1.29 is 9.90 Å². The number of nitrogens with zero attached hydrogens (tertiary/aromatic N) is 1. The molecule has 0 bridgehead atoms. The number of aliphatic carboxylic acids is 1. The van der Waals surface area contributed by atoms with Crippen LogP contribution in [0.25, 0.3) is 11.0 Å². The van der Waals surface area contributed by atoms with Crippen LogP contribution in [-0.4, -0.2) is 21.0 Å². The smallest absolute Gasteiger partial charge is 0.303 e.